The Labute approximate surface area is 119 Å². The molecule has 0 amide bonds. The Kier molecular flexibility index (Phi) is 4.08. The predicted octanol–water partition coefficient (Wildman–Crippen LogP) is 3.64. The van der Waals surface area contributed by atoms with E-state index in [-0.39, 0.29) is 0 Å². The molecule has 0 saturated heterocycles. The van der Waals surface area contributed by atoms with Gasteiger partial charge in [0.05, 0.1) is 11.3 Å². The van der Waals surface area contributed by atoms with Crippen molar-refractivity contribution in [1.29, 1.82) is 0 Å². The maximum atomic E-state index is 11.3. The Hall–Kier alpha value is -2.29. The maximum Gasteiger partial charge on any atom is 0.337 e. The van der Waals surface area contributed by atoms with E-state index in [1.807, 2.05) is 31.0 Å². The molecule has 3 nitrogen and oxygen atoms in total. The van der Waals surface area contributed by atoms with Crippen molar-refractivity contribution >= 4 is 11.7 Å². The molecule has 0 radical (unpaired) electrons. The van der Waals surface area contributed by atoms with Crippen LogP contribution in [0.1, 0.15) is 27.0 Å². The highest BCUT2D eigenvalue weighted by atomic mass is 16.4. The standard InChI is InChI=1S/C17H19NO2/c1-12-4-7-14(8-5-12)11-18(3)16-10-13(2)6-9-15(16)17(19)20/h4-10H,11H2,1-3H3,(H,19,20). The number of carboxylic acid groups (broad SMARTS) is 1. The molecule has 2 rings (SSSR count). The molecule has 1 N–H and O–H groups in total. The summed E-state index contributed by atoms with van der Waals surface area (Å²) in [5.41, 5.74) is 4.53. The SMILES string of the molecule is Cc1ccc(CN(C)c2cc(C)ccc2C(=O)O)cc1. The first kappa shape index (κ1) is 14.1. The molecule has 104 valence electrons. The first-order valence-corrected chi connectivity index (χ1v) is 6.58. The van der Waals surface area contributed by atoms with E-state index in [4.69, 9.17) is 0 Å². The molecule has 0 aliphatic heterocycles. The van der Waals surface area contributed by atoms with Gasteiger partial charge in [0.1, 0.15) is 0 Å². The number of nitrogens with zero attached hydrogens (tertiary/aromatic N) is 1. The summed E-state index contributed by atoms with van der Waals surface area (Å²) in [6.45, 7) is 4.70. The van der Waals surface area contributed by atoms with Crippen LogP contribution in [0, 0.1) is 13.8 Å². The lowest BCUT2D eigenvalue weighted by Crippen LogP contribution is -2.19. The normalized spacial score (nSPS) is 10.3. The number of aromatic carboxylic acids is 1. The molecule has 0 fully saturated rings. The zero-order chi connectivity index (χ0) is 14.7. The van der Waals surface area contributed by atoms with E-state index >= 15 is 0 Å². The average molecular weight is 269 g/mol. The summed E-state index contributed by atoms with van der Waals surface area (Å²) in [5, 5.41) is 9.28. The van der Waals surface area contributed by atoms with Crippen molar-refractivity contribution in [2.24, 2.45) is 0 Å². The number of carboxylic acids is 1. The Morgan fingerprint density at radius 3 is 2.25 bits per heavy atom. The van der Waals surface area contributed by atoms with E-state index < -0.39 is 5.97 Å². The molecule has 0 unspecified atom stereocenters. The summed E-state index contributed by atoms with van der Waals surface area (Å²) >= 11 is 0. The van der Waals surface area contributed by atoms with Gasteiger partial charge in [0.25, 0.3) is 0 Å². The molecule has 0 aromatic heterocycles. The molecule has 0 heterocycles. The number of hydrogen-bond acceptors (Lipinski definition) is 2. The van der Waals surface area contributed by atoms with Crippen LogP contribution in [0.2, 0.25) is 0 Å². The highest BCUT2D eigenvalue weighted by molar-refractivity contribution is 5.94. The van der Waals surface area contributed by atoms with Gasteiger partial charge in [0.15, 0.2) is 0 Å². The van der Waals surface area contributed by atoms with Crippen LogP contribution >= 0.6 is 0 Å². The van der Waals surface area contributed by atoms with Gasteiger partial charge in [-0.05, 0) is 37.1 Å². The summed E-state index contributed by atoms with van der Waals surface area (Å²) in [6.07, 6.45) is 0. The summed E-state index contributed by atoms with van der Waals surface area (Å²) in [6, 6.07) is 13.7. The minimum Gasteiger partial charge on any atom is -0.478 e. The van der Waals surface area contributed by atoms with Crippen LogP contribution in [0.3, 0.4) is 0 Å². The van der Waals surface area contributed by atoms with Crippen LogP contribution in [0.25, 0.3) is 0 Å². The van der Waals surface area contributed by atoms with Crippen molar-refractivity contribution in [3.05, 3.63) is 64.7 Å². The quantitative estimate of drug-likeness (QED) is 0.921. The van der Waals surface area contributed by atoms with Crippen molar-refractivity contribution < 1.29 is 9.90 Å². The number of anilines is 1. The molecule has 0 bridgehead atoms. The smallest absolute Gasteiger partial charge is 0.337 e. The van der Waals surface area contributed by atoms with Crippen LogP contribution in [0.15, 0.2) is 42.5 Å². The average Bonchev–Trinajstić information content (AvgIpc) is 2.41. The maximum absolute atomic E-state index is 11.3. The van der Waals surface area contributed by atoms with Gasteiger partial charge < -0.3 is 10.0 Å². The van der Waals surface area contributed by atoms with Crippen molar-refractivity contribution in [3.63, 3.8) is 0 Å². The fraction of sp³-hybridized carbons (Fsp3) is 0.235. The lowest BCUT2D eigenvalue weighted by Gasteiger charge is -2.22. The van der Waals surface area contributed by atoms with E-state index in [2.05, 4.69) is 31.2 Å². The Balaban J connectivity index is 2.28. The Bertz CT molecular complexity index is 617. The molecular formula is C17H19NO2. The van der Waals surface area contributed by atoms with Gasteiger partial charge in [-0.3, -0.25) is 0 Å². The minimum atomic E-state index is -0.893. The van der Waals surface area contributed by atoms with E-state index in [1.54, 1.807) is 6.07 Å². The van der Waals surface area contributed by atoms with Crippen molar-refractivity contribution in [2.75, 3.05) is 11.9 Å². The molecule has 2 aromatic carbocycles. The lowest BCUT2D eigenvalue weighted by atomic mass is 10.1. The fourth-order valence-corrected chi connectivity index (χ4v) is 2.19. The van der Waals surface area contributed by atoms with E-state index in [1.165, 1.54) is 5.56 Å². The summed E-state index contributed by atoms with van der Waals surface area (Å²) in [7, 11) is 1.92. The summed E-state index contributed by atoms with van der Waals surface area (Å²) in [4.78, 5) is 13.3. The van der Waals surface area contributed by atoms with Crippen LogP contribution in [0.4, 0.5) is 5.69 Å². The zero-order valence-corrected chi connectivity index (χ0v) is 12.1. The number of carbonyl (C=O) groups is 1. The largest absolute Gasteiger partial charge is 0.478 e. The van der Waals surface area contributed by atoms with Crippen LogP contribution < -0.4 is 4.90 Å². The second-order valence-corrected chi connectivity index (χ2v) is 5.17. The molecule has 0 aliphatic carbocycles. The second kappa shape index (κ2) is 5.78. The highest BCUT2D eigenvalue weighted by Gasteiger charge is 2.13. The number of rotatable bonds is 4. The van der Waals surface area contributed by atoms with E-state index in [0.29, 0.717) is 12.1 Å². The first-order valence-electron chi connectivity index (χ1n) is 6.58. The summed E-state index contributed by atoms with van der Waals surface area (Å²) < 4.78 is 0. The van der Waals surface area contributed by atoms with Crippen molar-refractivity contribution in [3.8, 4) is 0 Å². The predicted molar refractivity (Wildman–Crippen MR) is 81.4 cm³/mol. The van der Waals surface area contributed by atoms with Gasteiger partial charge in [-0.1, -0.05) is 35.9 Å². The van der Waals surface area contributed by atoms with Crippen LogP contribution in [-0.2, 0) is 6.54 Å². The Morgan fingerprint density at radius 2 is 1.65 bits per heavy atom. The molecule has 20 heavy (non-hydrogen) atoms. The number of hydrogen-bond donors (Lipinski definition) is 1. The lowest BCUT2D eigenvalue weighted by molar-refractivity contribution is 0.0697. The topological polar surface area (TPSA) is 40.5 Å². The van der Waals surface area contributed by atoms with Gasteiger partial charge >= 0.3 is 5.97 Å². The minimum absolute atomic E-state index is 0.338. The molecular weight excluding hydrogens is 250 g/mol. The van der Waals surface area contributed by atoms with Gasteiger partial charge in [-0.2, -0.15) is 0 Å². The number of aryl methyl sites for hydroxylation is 2. The van der Waals surface area contributed by atoms with Gasteiger partial charge in [-0.25, -0.2) is 4.79 Å². The third kappa shape index (κ3) is 3.18. The number of benzene rings is 2. The monoisotopic (exact) mass is 269 g/mol. The third-order valence-corrected chi connectivity index (χ3v) is 3.34. The van der Waals surface area contributed by atoms with Gasteiger partial charge in [-0.15, -0.1) is 0 Å². The zero-order valence-electron chi connectivity index (χ0n) is 12.1. The van der Waals surface area contributed by atoms with Gasteiger partial charge in [0, 0.05) is 13.6 Å². The first-order chi connectivity index (χ1) is 9.47. The molecule has 3 heteroatoms. The second-order valence-electron chi connectivity index (χ2n) is 5.17. The Morgan fingerprint density at radius 1 is 1.05 bits per heavy atom. The van der Waals surface area contributed by atoms with E-state index in [9.17, 15) is 9.90 Å². The molecule has 0 aliphatic rings. The fourth-order valence-electron chi connectivity index (χ4n) is 2.19. The highest BCUT2D eigenvalue weighted by Crippen LogP contribution is 2.23. The van der Waals surface area contributed by atoms with Crippen molar-refractivity contribution in [1.82, 2.24) is 0 Å². The van der Waals surface area contributed by atoms with Crippen LogP contribution in [0.5, 0.6) is 0 Å². The van der Waals surface area contributed by atoms with Crippen molar-refractivity contribution in [2.45, 2.75) is 20.4 Å². The van der Waals surface area contributed by atoms with E-state index in [0.717, 1.165) is 16.8 Å². The van der Waals surface area contributed by atoms with Gasteiger partial charge in [0.2, 0.25) is 0 Å². The third-order valence-electron chi connectivity index (χ3n) is 3.34. The molecule has 0 atom stereocenters. The molecule has 0 saturated carbocycles. The molecule has 2 aromatic rings. The van der Waals surface area contributed by atoms with Crippen LogP contribution in [-0.4, -0.2) is 18.1 Å². The summed E-state index contributed by atoms with van der Waals surface area (Å²) in [5.74, 6) is -0.893. The molecule has 0 spiro atoms.